The average Bonchev–Trinajstić information content (AvgIpc) is 3.51. The third-order valence-corrected chi connectivity index (χ3v) is 5.60. The molecule has 1 saturated carbocycles. The molecule has 1 unspecified atom stereocenters. The Kier molecular flexibility index (Phi) is 5.49. The van der Waals surface area contributed by atoms with Crippen molar-refractivity contribution in [2.45, 2.75) is 43.1 Å². The van der Waals surface area contributed by atoms with Gasteiger partial charge in [0.05, 0.1) is 10.8 Å². The van der Waals surface area contributed by atoms with Gasteiger partial charge < -0.3 is 10.6 Å². The molecule has 4 rings (SSSR count). The van der Waals surface area contributed by atoms with Crippen molar-refractivity contribution in [1.29, 1.82) is 0 Å². The molecule has 0 spiro atoms. The molecule has 1 aliphatic rings. The SMILES string of the molecule is CC(=O)Nc1ccc(C(=O)C(C)Sc2nc(NC3CC3)c3ccccc3n2)cc1. The first-order chi connectivity index (χ1) is 14.0. The Labute approximate surface area is 173 Å². The molecule has 0 aliphatic heterocycles. The molecule has 1 heterocycles. The fraction of sp³-hybridized carbons (Fsp3) is 0.273. The molecule has 0 saturated heterocycles. The maximum atomic E-state index is 12.8. The Morgan fingerprint density at radius 3 is 2.48 bits per heavy atom. The molecular weight excluding hydrogens is 384 g/mol. The number of anilines is 2. The Balaban J connectivity index is 1.52. The smallest absolute Gasteiger partial charge is 0.221 e. The second-order valence-electron chi connectivity index (χ2n) is 7.17. The van der Waals surface area contributed by atoms with Crippen LogP contribution in [0.4, 0.5) is 11.5 Å². The molecule has 2 N–H and O–H groups in total. The second kappa shape index (κ2) is 8.21. The van der Waals surface area contributed by atoms with Crippen LogP contribution in [0.2, 0.25) is 0 Å². The van der Waals surface area contributed by atoms with E-state index in [-0.39, 0.29) is 16.9 Å². The zero-order chi connectivity index (χ0) is 20.4. The number of hydrogen-bond donors (Lipinski definition) is 2. The summed E-state index contributed by atoms with van der Waals surface area (Å²) in [7, 11) is 0. The van der Waals surface area contributed by atoms with Crippen molar-refractivity contribution in [1.82, 2.24) is 9.97 Å². The third-order valence-electron chi connectivity index (χ3n) is 4.64. The first-order valence-electron chi connectivity index (χ1n) is 9.61. The van der Waals surface area contributed by atoms with Crippen molar-refractivity contribution < 1.29 is 9.59 Å². The molecule has 6 nitrogen and oxygen atoms in total. The van der Waals surface area contributed by atoms with Gasteiger partial charge in [0.2, 0.25) is 5.91 Å². The minimum absolute atomic E-state index is 0.00200. The first-order valence-corrected chi connectivity index (χ1v) is 10.5. The Morgan fingerprint density at radius 2 is 1.79 bits per heavy atom. The van der Waals surface area contributed by atoms with Crippen molar-refractivity contribution in [3.63, 3.8) is 0 Å². The lowest BCUT2D eigenvalue weighted by Gasteiger charge is -2.13. The van der Waals surface area contributed by atoms with Gasteiger partial charge >= 0.3 is 0 Å². The number of hydrogen-bond acceptors (Lipinski definition) is 6. The van der Waals surface area contributed by atoms with Crippen molar-refractivity contribution >= 4 is 45.9 Å². The van der Waals surface area contributed by atoms with Gasteiger partial charge in [0.1, 0.15) is 5.82 Å². The zero-order valence-electron chi connectivity index (χ0n) is 16.3. The molecule has 1 amide bonds. The minimum Gasteiger partial charge on any atom is -0.367 e. The summed E-state index contributed by atoms with van der Waals surface area (Å²) in [5.41, 5.74) is 2.13. The van der Waals surface area contributed by atoms with Gasteiger partial charge in [-0.15, -0.1) is 0 Å². The van der Waals surface area contributed by atoms with Gasteiger partial charge in [-0.1, -0.05) is 23.9 Å². The normalized spacial score (nSPS) is 14.4. The van der Waals surface area contributed by atoms with Gasteiger partial charge in [-0.2, -0.15) is 0 Å². The molecule has 148 valence electrons. The van der Waals surface area contributed by atoms with Gasteiger partial charge in [-0.3, -0.25) is 9.59 Å². The van der Waals surface area contributed by atoms with E-state index in [4.69, 9.17) is 0 Å². The second-order valence-corrected chi connectivity index (χ2v) is 8.48. The molecular formula is C22H22N4O2S. The molecule has 3 aromatic rings. The Hall–Kier alpha value is -2.93. The Morgan fingerprint density at radius 1 is 1.07 bits per heavy atom. The number of ketones is 1. The molecule has 1 atom stereocenters. The molecule has 0 radical (unpaired) electrons. The number of carbonyl (C=O) groups is 2. The molecule has 1 aromatic heterocycles. The average molecular weight is 407 g/mol. The standard InChI is InChI=1S/C22H22N4O2S/c1-13(20(28)15-7-9-16(10-8-15)23-14(2)27)29-22-25-19-6-4-3-5-18(19)21(26-22)24-17-11-12-17/h3-10,13,17H,11-12H2,1-2H3,(H,23,27)(H,24,25,26). The number of nitrogens with one attached hydrogen (secondary N) is 2. The summed E-state index contributed by atoms with van der Waals surface area (Å²) in [6, 6.07) is 15.3. The summed E-state index contributed by atoms with van der Waals surface area (Å²) in [6.45, 7) is 3.31. The molecule has 2 aromatic carbocycles. The fourth-order valence-electron chi connectivity index (χ4n) is 3.01. The highest BCUT2D eigenvalue weighted by molar-refractivity contribution is 8.00. The summed E-state index contributed by atoms with van der Waals surface area (Å²) >= 11 is 1.36. The summed E-state index contributed by atoms with van der Waals surface area (Å²) in [5, 5.41) is 7.42. The van der Waals surface area contributed by atoms with Crippen LogP contribution in [0.5, 0.6) is 0 Å². The molecule has 7 heteroatoms. The summed E-state index contributed by atoms with van der Waals surface area (Å²) in [6.07, 6.45) is 2.31. The number of fused-ring (bicyclic) bond motifs is 1. The molecule has 0 bridgehead atoms. The number of aromatic nitrogens is 2. The highest BCUT2D eigenvalue weighted by atomic mass is 32.2. The summed E-state index contributed by atoms with van der Waals surface area (Å²) in [4.78, 5) is 33.3. The van der Waals surface area contributed by atoms with E-state index in [9.17, 15) is 9.59 Å². The van der Waals surface area contributed by atoms with E-state index in [0.717, 1.165) is 29.6 Å². The number of thioether (sulfide) groups is 1. The van der Waals surface area contributed by atoms with E-state index in [1.165, 1.54) is 18.7 Å². The lowest BCUT2D eigenvalue weighted by molar-refractivity contribution is -0.114. The number of nitrogens with zero attached hydrogens (tertiary/aromatic N) is 2. The van der Waals surface area contributed by atoms with E-state index < -0.39 is 0 Å². The minimum atomic E-state index is -0.337. The van der Waals surface area contributed by atoms with Crippen molar-refractivity contribution in [3.05, 3.63) is 54.1 Å². The summed E-state index contributed by atoms with van der Waals surface area (Å²) in [5.74, 6) is 0.690. The van der Waals surface area contributed by atoms with E-state index in [2.05, 4.69) is 20.6 Å². The highest BCUT2D eigenvalue weighted by Gasteiger charge is 2.24. The number of rotatable bonds is 7. The van der Waals surface area contributed by atoms with Gasteiger partial charge in [0.15, 0.2) is 10.9 Å². The van der Waals surface area contributed by atoms with Crippen LogP contribution < -0.4 is 10.6 Å². The number of para-hydroxylation sites is 1. The molecule has 1 aliphatic carbocycles. The predicted molar refractivity (Wildman–Crippen MR) is 117 cm³/mol. The van der Waals surface area contributed by atoms with Crippen molar-refractivity contribution in [3.8, 4) is 0 Å². The number of benzene rings is 2. The van der Waals surface area contributed by atoms with E-state index >= 15 is 0 Å². The van der Waals surface area contributed by atoms with Crippen LogP contribution in [0.3, 0.4) is 0 Å². The fourth-order valence-corrected chi connectivity index (χ4v) is 3.86. The van der Waals surface area contributed by atoms with Crippen molar-refractivity contribution in [2.24, 2.45) is 0 Å². The van der Waals surface area contributed by atoms with Crippen LogP contribution >= 0.6 is 11.8 Å². The van der Waals surface area contributed by atoms with Crippen LogP contribution in [0, 0.1) is 0 Å². The quantitative estimate of drug-likeness (QED) is 0.341. The van der Waals surface area contributed by atoms with E-state index in [1.807, 2.05) is 31.2 Å². The first kappa shape index (κ1) is 19.4. The maximum Gasteiger partial charge on any atom is 0.221 e. The van der Waals surface area contributed by atoms with Gasteiger partial charge in [-0.05, 0) is 56.2 Å². The van der Waals surface area contributed by atoms with E-state index in [0.29, 0.717) is 22.4 Å². The number of Topliss-reactive ketones (excluding diaryl/α,β-unsaturated/α-hetero) is 1. The summed E-state index contributed by atoms with van der Waals surface area (Å²) < 4.78 is 0. The van der Waals surface area contributed by atoms with Crippen molar-refractivity contribution in [2.75, 3.05) is 10.6 Å². The topological polar surface area (TPSA) is 84.0 Å². The zero-order valence-corrected chi connectivity index (χ0v) is 17.1. The number of carbonyl (C=O) groups excluding carboxylic acids is 2. The van der Waals surface area contributed by atoms with Gasteiger partial charge in [0.25, 0.3) is 0 Å². The molecule has 29 heavy (non-hydrogen) atoms. The largest absolute Gasteiger partial charge is 0.367 e. The van der Waals surface area contributed by atoms with Crippen LogP contribution in [-0.4, -0.2) is 33.0 Å². The van der Waals surface area contributed by atoms with Gasteiger partial charge in [-0.25, -0.2) is 9.97 Å². The lowest BCUT2D eigenvalue weighted by Crippen LogP contribution is -2.15. The number of amides is 1. The van der Waals surface area contributed by atoms with Gasteiger partial charge in [0, 0.05) is 29.6 Å². The molecule has 1 fully saturated rings. The highest BCUT2D eigenvalue weighted by Crippen LogP contribution is 2.31. The van der Waals surface area contributed by atoms with Crippen LogP contribution in [-0.2, 0) is 4.79 Å². The van der Waals surface area contributed by atoms with E-state index in [1.54, 1.807) is 24.3 Å². The van der Waals surface area contributed by atoms with Crippen LogP contribution in [0.1, 0.15) is 37.0 Å². The monoisotopic (exact) mass is 406 g/mol. The van der Waals surface area contributed by atoms with Crippen LogP contribution in [0.15, 0.2) is 53.7 Å². The van der Waals surface area contributed by atoms with Crippen LogP contribution in [0.25, 0.3) is 10.9 Å². The third kappa shape index (κ3) is 4.74. The Bertz CT molecular complexity index is 1060. The maximum absolute atomic E-state index is 12.8. The lowest BCUT2D eigenvalue weighted by atomic mass is 10.1. The predicted octanol–water partition coefficient (Wildman–Crippen LogP) is 4.53.